The molecule has 128 valence electrons. The van der Waals surface area contributed by atoms with Crippen LogP contribution in [0.15, 0.2) is 61.1 Å². The van der Waals surface area contributed by atoms with Crippen molar-refractivity contribution in [1.29, 1.82) is 0 Å². The predicted molar refractivity (Wildman–Crippen MR) is 105 cm³/mol. The molecule has 3 heterocycles. The molecule has 0 spiro atoms. The summed E-state index contributed by atoms with van der Waals surface area (Å²) in [5, 5.41) is 4.56. The SMILES string of the molecule is c1ccc(-c2cnc(NCC3CCN(c4ccncc4)CC3)s2)cc1. The van der Waals surface area contributed by atoms with E-state index in [-0.39, 0.29) is 0 Å². The highest BCUT2D eigenvalue weighted by Crippen LogP contribution is 2.29. The van der Waals surface area contributed by atoms with E-state index in [2.05, 4.69) is 56.6 Å². The first-order valence-corrected chi connectivity index (χ1v) is 9.60. The highest BCUT2D eigenvalue weighted by Gasteiger charge is 2.19. The monoisotopic (exact) mass is 350 g/mol. The van der Waals surface area contributed by atoms with Crippen molar-refractivity contribution in [3.63, 3.8) is 0 Å². The van der Waals surface area contributed by atoms with E-state index in [0.717, 1.165) is 24.8 Å². The van der Waals surface area contributed by atoms with E-state index in [9.17, 15) is 0 Å². The molecule has 25 heavy (non-hydrogen) atoms. The standard InChI is InChI=1S/C20H22N4S/c1-2-4-17(5-3-1)19-15-23-20(25-19)22-14-16-8-12-24(13-9-16)18-6-10-21-11-7-18/h1-7,10-11,15-16H,8-9,12-14H2,(H,22,23). The molecule has 0 bridgehead atoms. The number of aromatic nitrogens is 2. The molecule has 0 radical (unpaired) electrons. The van der Waals surface area contributed by atoms with Gasteiger partial charge in [-0.1, -0.05) is 41.7 Å². The topological polar surface area (TPSA) is 41.1 Å². The summed E-state index contributed by atoms with van der Waals surface area (Å²) in [5.41, 5.74) is 2.52. The second-order valence-corrected chi connectivity index (χ2v) is 7.44. The van der Waals surface area contributed by atoms with Gasteiger partial charge in [-0.3, -0.25) is 4.98 Å². The van der Waals surface area contributed by atoms with Gasteiger partial charge in [0.1, 0.15) is 0 Å². The van der Waals surface area contributed by atoms with Gasteiger partial charge >= 0.3 is 0 Å². The predicted octanol–water partition coefficient (Wildman–Crippen LogP) is 4.53. The van der Waals surface area contributed by atoms with E-state index in [1.807, 2.05) is 24.7 Å². The Balaban J connectivity index is 1.28. The fraction of sp³-hybridized carbons (Fsp3) is 0.300. The number of benzene rings is 1. The van der Waals surface area contributed by atoms with Gasteiger partial charge in [0.2, 0.25) is 0 Å². The van der Waals surface area contributed by atoms with Crippen LogP contribution >= 0.6 is 11.3 Å². The van der Waals surface area contributed by atoms with Crippen LogP contribution in [0.1, 0.15) is 12.8 Å². The van der Waals surface area contributed by atoms with E-state index in [1.165, 1.54) is 29.0 Å². The zero-order chi connectivity index (χ0) is 16.9. The molecule has 4 rings (SSSR count). The third-order valence-corrected chi connectivity index (χ3v) is 5.75. The Morgan fingerprint density at radius 1 is 1.04 bits per heavy atom. The lowest BCUT2D eigenvalue weighted by molar-refractivity contribution is 0.423. The van der Waals surface area contributed by atoms with E-state index < -0.39 is 0 Å². The molecule has 1 aliphatic heterocycles. The Morgan fingerprint density at radius 3 is 2.56 bits per heavy atom. The number of anilines is 2. The molecule has 3 aromatic rings. The molecule has 1 aliphatic rings. The Morgan fingerprint density at radius 2 is 1.80 bits per heavy atom. The Labute approximate surface area is 152 Å². The molecule has 4 nitrogen and oxygen atoms in total. The van der Waals surface area contributed by atoms with E-state index >= 15 is 0 Å². The van der Waals surface area contributed by atoms with Crippen LogP contribution in [0.25, 0.3) is 10.4 Å². The van der Waals surface area contributed by atoms with Gasteiger partial charge in [0.05, 0.1) is 4.88 Å². The first-order chi connectivity index (χ1) is 12.4. The Kier molecular flexibility index (Phi) is 4.93. The molecule has 0 saturated carbocycles. The average Bonchev–Trinajstić information content (AvgIpc) is 3.17. The smallest absolute Gasteiger partial charge is 0.183 e. The van der Waals surface area contributed by atoms with Crippen molar-refractivity contribution >= 4 is 22.2 Å². The van der Waals surface area contributed by atoms with E-state index in [0.29, 0.717) is 5.92 Å². The lowest BCUT2D eigenvalue weighted by Gasteiger charge is -2.33. The molecule has 0 amide bonds. The van der Waals surface area contributed by atoms with Crippen molar-refractivity contribution in [3.05, 3.63) is 61.1 Å². The molecular weight excluding hydrogens is 328 g/mol. The molecule has 1 saturated heterocycles. The molecule has 0 unspecified atom stereocenters. The molecule has 2 aromatic heterocycles. The summed E-state index contributed by atoms with van der Waals surface area (Å²) in [6, 6.07) is 14.6. The lowest BCUT2D eigenvalue weighted by atomic mass is 9.96. The van der Waals surface area contributed by atoms with E-state index in [4.69, 9.17) is 0 Å². The minimum Gasteiger partial charge on any atom is -0.371 e. The Hall–Kier alpha value is -2.40. The van der Waals surface area contributed by atoms with Crippen LogP contribution in [-0.2, 0) is 0 Å². The number of nitrogens with zero attached hydrogens (tertiary/aromatic N) is 3. The van der Waals surface area contributed by atoms with Gasteiger partial charge in [-0.25, -0.2) is 4.98 Å². The summed E-state index contributed by atoms with van der Waals surface area (Å²) >= 11 is 1.73. The first-order valence-electron chi connectivity index (χ1n) is 8.78. The number of nitrogens with one attached hydrogen (secondary N) is 1. The summed E-state index contributed by atoms with van der Waals surface area (Å²) in [6.45, 7) is 3.24. The van der Waals surface area contributed by atoms with Crippen LogP contribution in [0.3, 0.4) is 0 Å². The largest absolute Gasteiger partial charge is 0.371 e. The van der Waals surface area contributed by atoms with Gasteiger partial charge in [-0.2, -0.15) is 0 Å². The minimum absolute atomic E-state index is 0.710. The molecule has 1 aromatic carbocycles. The molecular formula is C20H22N4S. The van der Waals surface area contributed by atoms with Crippen LogP contribution in [0, 0.1) is 5.92 Å². The molecule has 0 aliphatic carbocycles. The minimum atomic E-state index is 0.710. The number of hydrogen-bond acceptors (Lipinski definition) is 5. The van der Waals surface area contributed by atoms with Gasteiger partial charge in [-0.05, 0) is 36.5 Å². The van der Waals surface area contributed by atoms with Crippen molar-refractivity contribution in [2.24, 2.45) is 5.92 Å². The van der Waals surface area contributed by atoms with Crippen molar-refractivity contribution in [2.45, 2.75) is 12.8 Å². The fourth-order valence-electron chi connectivity index (χ4n) is 3.27. The number of rotatable bonds is 5. The van der Waals surface area contributed by atoms with Crippen molar-refractivity contribution < 1.29 is 0 Å². The van der Waals surface area contributed by atoms with Crippen LogP contribution in [0.4, 0.5) is 10.8 Å². The maximum Gasteiger partial charge on any atom is 0.183 e. The number of hydrogen-bond donors (Lipinski definition) is 1. The highest BCUT2D eigenvalue weighted by molar-refractivity contribution is 7.18. The van der Waals surface area contributed by atoms with Crippen LogP contribution in [0.2, 0.25) is 0 Å². The fourth-order valence-corrected chi connectivity index (χ4v) is 4.10. The zero-order valence-corrected chi connectivity index (χ0v) is 15.0. The van der Waals surface area contributed by atoms with Gasteiger partial charge < -0.3 is 10.2 Å². The highest BCUT2D eigenvalue weighted by atomic mass is 32.1. The van der Waals surface area contributed by atoms with Crippen LogP contribution < -0.4 is 10.2 Å². The van der Waals surface area contributed by atoms with E-state index in [1.54, 1.807) is 11.3 Å². The summed E-state index contributed by atoms with van der Waals surface area (Å²) < 4.78 is 0. The molecule has 1 N–H and O–H groups in total. The van der Waals surface area contributed by atoms with Crippen LogP contribution in [0.5, 0.6) is 0 Å². The average molecular weight is 350 g/mol. The maximum atomic E-state index is 4.53. The van der Waals surface area contributed by atoms with Gasteiger partial charge in [0, 0.05) is 43.9 Å². The summed E-state index contributed by atoms with van der Waals surface area (Å²) in [4.78, 5) is 12.3. The molecule has 0 atom stereocenters. The quantitative estimate of drug-likeness (QED) is 0.734. The summed E-state index contributed by atoms with van der Waals surface area (Å²) in [6.07, 6.45) is 8.14. The Bertz CT molecular complexity index is 780. The number of thiazole rings is 1. The number of piperidine rings is 1. The molecule has 5 heteroatoms. The molecule has 1 fully saturated rings. The third-order valence-electron chi connectivity index (χ3n) is 4.75. The third kappa shape index (κ3) is 3.99. The first kappa shape index (κ1) is 16.1. The second-order valence-electron chi connectivity index (χ2n) is 6.41. The second kappa shape index (κ2) is 7.66. The maximum absolute atomic E-state index is 4.53. The zero-order valence-electron chi connectivity index (χ0n) is 14.1. The lowest BCUT2D eigenvalue weighted by Crippen LogP contribution is -2.35. The summed E-state index contributed by atoms with van der Waals surface area (Å²) in [7, 11) is 0. The van der Waals surface area contributed by atoms with Crippen molar-refractivity contribution in [1.82, 2.24) is 9.97 Å². The van der Waals surface area contributed by atoms with Gasteiger partial charge in [0.15, 0.2) is 5.13 Å². The summed E-state index contributed by atoms with van der Waals surface area (Å²) in [5.74, 6) is 0.710. The van der Waals surface area contributed by atoms with Gasteiger partial charge in [-0.15, -0.1) is 0 Å². The van der Waals surface area contributed by atoms with Crippen molar-refractivity contribution in [2.75, 3.05) is 29.9 Å². The van der Waals surface area contributed by atoms with Crippen LogP contribution in [-0.4, -0.2) is 29.6 Å². The number of pyridine rings is 1. The van der Waals surface area contributed by atoms with Gasteiger partial charge in [0.25, 0.3) is 0 Å². The van der Waals surface area contributed by atoms with Crippen molar-refractivity contribution in [3.8, 4) is 10.4 Å². The normalized spacial score (nSPS) is 15.3.